The molecule has 3 aromatic carbocycles. The van der Waals surface area contributed by atoms with Gasteiger partial charge in [0.1, 0.15) is 0 Å². The Morgan fingerprint density at radius 2 is 1.25 bits per heavy atom. The second kappa shape index (κ2) is 6.88. The fourth-order valence-corrected chi connectivity index (χ4v) is 5.21. The predicted molar refractivity (Wildman–Crippen MR) is 111 cm³/mol. The standard InChI is InChI=1S/C25H14NS.Pt/c1-2-9-17-16(8-1)23(20-12-7-15-26-25(17)20)24-18-10-3-5-13-21(18)27-22-14-6-4-11-19(22)24;/h1-8,10-15H;/q-1;. The quantitative estimate of drug-likeness (QED) is 0.203. The van der Waals surface area contributed by atoms with E-state index in [1.807, 2.05) is 30.1 Å². The molecular weight excluding hydrogens is 541 g/mol. The Morgan fingerprint density at radius 1 is 0.643 bits per heavy atom. The van der Waals surface area contributed by atoms with Crippen LogP contribution in [-0.2, 0) is 21.1 Å². The molecule has 6 rings (SSSR count). The summed E-state index contributed by atoms with van der Waals surface area (Å²) in [7, 11) is 0. The van der Waals surface area contributed by atoms with Crippen LogP contribution in [-0.4, -0.2) is 4.98 Å². The Bertz CT molecular complexity index is 1160. The molecule has 0 saturated heterocycles. The Kier molecular flexibility index (Phi) is 4.34. The molecule has 1 nitrogen and oxygen atoms in total. The van der Waals surface area contributed by atoms with Gasteiger partial charge >= 0.3 is 0 Å². The molecule has 2 heterocycles. The van der Waals surface area contributed by atoms with E-state index < -0.39 is 0 Å². The maximum atomic E-state index is 4.69. The van der Waals surface area contributed by atoms with Gasteiger partial charge in [0.25, 0.3) is 0 Å². The van der Waals surface area contributed by atoms with Gasteiger partial charge in [-0.1, -0.05) is 65.4 Å². The van der Waals surface area contributed by atoms with Gasteiger partial charge in [0.15, 0.2) is 0 Å². The molecule has 0 amide bonds. The van der Waals surface area contributed by atoms with E-state index in [9.17, 15) is 0 Å². The second-order valence-electron chi connectivity index (χ2n) is 6.70. The van der Waals surface area contributed by atoms with Crippen molar-refractivity contribution in [3.05, 3.63) is 113 Å². The molecule has 0 radical (unpaired) electrons. The molecule has 1 aliphatic carbocycles. The number of hydrogen-bond donors (Lipinski definition) is 0. The monoisotopic (exact) mass is 555 g/mol. The Hall–Kier alpha value is -2.41. The number of pyridine rings is 1. The van der Waals surface area contributed by atoms with Gasteiger partial charge in [0.2, 0.25) is 0 Å². The van der Waals surface area contributed by atoms with Gasteiger partial charge in [-0.3, -0.25) is 0 Å². The van der Waals surface area contributed by atoms with Crippen LogP contribution >= 0.6 is 11.8 Å². The molecule has 0 N–H and O–H groups in total. The van der Waals surface area contributed by atoms with Gasteiger partial charge in [-0.15, -0.1) is 29.8 Å². The average Bonchev–Trinajstić information content (AvgIpc) is 3.06. The third-order valence-electron chi connectivity index (χ3n) is 5.22. The summed E-state index contributed by atoms with van der Waals surface area (Å²) in [6.45, 7) is 0. The van der Waals surface area contributed by atoms with Gasteiger partial charge in [0, 0.05) is 37.1 Å². The van der Waals surface area contributed by atoms with Crippen molar-refractivity contribution in [3.63, 3.8) is 0 Å². The van der Waals surface area contributed by atoms with Crippen LogP contribution in [0.3, 0.4) is 0 Å². The molecule has 2 aliphatic rings. The first-order chi connectivity index (χ1) is 13.4. The fourth-order valence-electron chi connectivity index (χ4n) is 4.12. The Morgan fingerprint density at radius 3 is 2.00 bits per heavy atom. The van der Waals surface area contributed by atoms with E-state index in [2.05, 4.69) is 77.8 Å². The summed E-state index contributed by atoms with van der Waals surface area (Å²) >= 11 is 1.85. The van der Waals surface area contributed by atoms with Crippen molar-refractivity contribution < 1.29 is 21.1 Å². The molecule has 0 atom stereocenters. The second-order valence-corrected chi connectivity index (χ2v) is 7.79. The van der Waals surface area contributed by atoms with Crippen LogP contribution in [0.15, 0.2) is 94.9 Å². The van der Waals surface area contributed by atoms with E-state index in [1.54, 1.807) is 0 Å². The normalized spacial score (nSPS) is 13.1. The van der Waals surface area contributed by atoms with Gasteiger partial charge < -0.3 is 4.98 Å². The van der Waals surface area contributed by atoms with E-state index in [1.165, 1.54) is 43.2 Å². The summed E-state index contributed by atoms with van der Waals surface area (Å²) in [5.41, 5.74) is 9.70. The van der Waals surface area contributed by atoms with Crippen molar-refractivity contribution in [1.82, 2.24) is 4.98 Å². The number of fused-ring (bicyclic) bond motifs is 5. The molecule has 1 aliphatic heterocycles. The number of hydrogen-bond acceptors (Lipinski definition) is 2. The molecule has 3 heteroatoms. The number of benzene rings is 3. The summed E-state index contributed by atoms with van der Waals surface area (Å²) < 4.78 is 0. The number of rotatable bonds is 0. The van der Waals surface area contributed by atoms with Crippen LogP contribution in [0.25, 0.3) is 22.4 Å². The molecule has 28 heavy (non-hydrogen) atoms. The van der Waals surface area contributed by atoms with Crippen LogP contribution < -0.4 is 0 Å². The molecular formula is C25H14NPtS-. The minimum atomic E-state index is 0. The zero-order chi connectivity index (χ0) is 17.8. The summed E-state index contributed by atoms with van der Waals surface area (Å²) in [4.78, 5) is 7.29. The van der Waals surface area contributed by atoms with Crippen molar-refractivity contribution in [3.8, 4) is 11.3 Å². The molecule has 1 aromatic heterocycles. The van der Waals surface area contributed by atoms with Crippen LogP contribution in [0.4, 0.5) is 0 Å². The smallest absolute Gasteiger partial charge is 0.0201 e. The Labute approximate surface area is 182 Å². The van der Waals surface area contributed by atoms with Crippen LogP contribution in [0.2, 0.25) is 0 Å². The first-order valence-electron chi connectivity index (χ1n) is 8.99. The third kappa shape index (κ3) is 2.49. The van der Waals surface area contributed by atoms with E-state index in [0.29, 0.717) is 0 Å². The van der Waals surface area contributed by atoms with Gasteiger partial charge in [0.05, 0.1) is 0 Å². The van der Waals surface area contributed by atoms with Crippen molar-refractivity contribution in [2.24, 2.45) is 0 Å². The summed E-state index contributed by atoms with van der Waals surface area (Å²) in [6, 6.07) is 31.3. The maximum absolute atomic E-state index is 4.69. The zero-order valence-electron chi connectivity index (χ0n) is 14.8. The van der Waals surface area contributed by atoms with E-state index in [-0.39, 0.29) is 21.1 Å². The van der Waals surface area contributed by atoms with Gasteiger partial charge in [-0.25, -0.2) is 0 Å². The maximum Gasteiger partial charge on any atom is 0.0201 e. The Balaban J connectivity index is 0.00000171. The van der Waals surface area contributed by atoms with Crippen molar-refractivity contribution >= 4 is 22.9 Å². The van der Waals surface area contributed by atoms with E-state index in [0.717, 1.165) is 11.3 Å². The number of aromatic nitrogens is 1. The summed E-state index contributed by atoms with van der Waals surface area (Å²) in [6.07, 6.45) is 1.87. The molecule has 0 unspecified atom stereocenters. The largest absolute Gasteiger partial charge is 0.304 e. The van der Waals surface area contributed by atoms with Crippen molar-refractivity contribution in [2.45, 2.75) is 9.79 Å². The van der Waals surface area contributed by atoms with Crippen LogP contribution in [0.5, 0.6) is 0 Å². The fraction of sp³-hybridized carbons (Fsp3) is 0. The van der Waals surface area contributed by atoms with Crippen molar-refractivity contribution in [2.75, 3.05) is 0 Å². The molecule has 0 saturated carbocycles. The SMILES string of the molecule is [Pt].[c-]1cccc2c1-c1ncccc1C2=C1c2ccccc2Sc2ccccc21. The minimum absolute atomic E-state index is 0. The van der Waals surface area contributed by atoms with Crippen LogP contribution in [0.1, 0.15) is 22.3 Å². The topological polar surface area (TPSA) is 12.9 Å². The molecule has 136 valence electrons. The molecule has 0 spiro atoms. The summed E-state index contributed by atoms with van der Waals surface area (Å²) in [5, 5.41) is 0. The third-order valence-corrected chi connectivity index (χ3v) is 6.37. The number of nitrogens with zero attached hydrogens (tertiary/aromatic N) is 1. The van der Waals surface area contributed by atoms with E-state index >= 15 is 0 Å². The zero-order valence-corrected chi connectivity index (χ0v) is 17.8. The molecule has 4 aromatic rings. The van der Waals surface area contributed by atoms with Gasteiger partial charge in [-0.05, 0) is 46.2 Å². The first kappa shape index (κ1) is 17.7. The average molecular weight is 556 g/mol. The van der Waals surface area contributed by atoms with E-state index in [4.69, 9.17) is 0 Å². The minimum Gasteiger partial charge on any atom is -0.304 e. The first-order valence-corrected chi connectivity index (χ1v) is 9.81. The van der Waals surface area contributed by atoms with Crippen LogP contribution in [0, 0.1) is 6.07 Å². The molecule has 0 fully saturated rings. The van der Waals surface area contributed by atoms with Crippen molar-refractivity contribution in [1.29, 1.82) is 0 Å². The molecule has 0 bridgehead atoms. The van der Waals surface area contributed by atoms with Gasteiger partial charge in [-0.2, -0.15) is 0 Å². The summed E-state index contributed by atoms with van der Waals surface area (Å²) in [5.74, 6) is 0. The predicted octanol–water partition coefficient (Wildman–Crippen LogP) is 6.33.